The molecule has 3 rings (SSSR count). The summed E-state index contributed by atoms with van der Waals surface area (Å²) in [6.07, 6.45) is 0.879. The van der Waals surface area contributed by atoms with E-state index in [9.17, 15) is 9.90 Å². The van der Waals surface area contributed by atoms with Crippen LogP contribution < -0.4 is 20.1 Å². The molecule has 0 fully saturated rings. The van der Waals surface area contributed by atoms with E-state index in [4.69, 9.17) is 9.47 Å². The number of aromatic hydroxyl groups is 1. The number of aliphatic imine (C=N–C) groups is 1. The second kappa shape index (κ2) is 10.6. The minimum atomic E-state index is -0.314. The highest BCUT2D eigenvalue weighted by atomic mass is 16.5. The number of amides is 1. The number of methoxy groups -OCH3 is 2. The van der Waals surface area contributed by atoms with Crippen molar-refractivity contribution in [2.45, 2.75) is 19.9 Å². The molecule has 0 atom stereocenters. The van der Waals surface area contributed by atoms with E-state index in [0.717, 1.165) is 37.0 Å². The Morgan fingerprint density at radius 3 is 2.52 bits per heavy atom. The number of fused-ring (bicyclic) bond motifs is 1. The van der Waals surface area contributed by atoms with Gasteiger partial charge in [-0.3, -0.25) is 9.79 Å². The van der Waals surface area contributed by atoms with Crippen LogP contribution in [-0.2, 0) is 13.0 Å². The first-order valence-corrected chi connectivity index (χ1v) is 10.4. The number of carbonyl (C=O) groups is 1. The Morgan fingerprint density at radius 1 is 1.13 bits per heavy atom. The summed E-state index contributed by atoms with van der Waals surface area (Å²) in [5.74, 6) is 1.93. The van der Waals surface area contributed by atoms with Gasteiger partial charge in [-0.2, -0.15) is 0 Å². The number of carbonyl (C=O) groups excluding carboxylic acids is 1. The lowest BCUT2D eigenvalue weighted by Crippen LogP contribution is -2.44. The van der Waals surface area contributed by atoms with Gasteiger partial charge in [-0.1, -0.05) is 12.1 Å². The summed E-state index contributed by atoms with van der Waals surface area (Å²) >= 11 is 0. The fraction of sp³-hybridized carbons (Fsp3) is 0.391. The number of guanidine groups is 1. The summed E-state index contributed by atoms with van der Waals surface area (Å²) in [5.41, 5.74) is 2.69. The quantitative estimate of drug-likeness (QED) is 0.357. The third-order valence-corrected chi connectivity index (χ3v) is 5.16. The number of benzene rings is 2. The summed E-state index contributed by atoms with van der Waals surface area (Å²) < 4.78 is 10.9. The van der Waals surface area contributed by atoms with Gasteiger partial charge in [0, 0.05) is 26.2 Å². The van der Waals surface area contributed by atoms with Crippen molar-refractivity contribution in [2.75, 3.05) is 40.4 Å². The first-order chi connectivity index (χ1) is 15.1. The number of para-hydroxylation sites is 1. The molecule has 1 aliphatic heterocycles. The van der Waals surface area contributed by atoms with E-state index < -0.39 is 0 Å². The van der Waals surface area contributed by atoms with Crippen LogP contribution in [0.3, 0.4) is 0 Å². The summed E-state index contributed by atoms with van der Waals surface area (Å²) in [6.45, 7) is 5.12. The molecule has 8 heteroatoms. The number of ether oxygens (including phenoxy) is 2. The van der Waals surface area contributed by atoms with E-state index in [1.54, 1.807) is 32.4 Å². The van der Waals surface area contributed by atoms with Crippen LogP contribution >= 0.6 is 0 Å². The van der Waals surface area contributed by atoms with Gasteiger partial charge < -0.3 is 30.1 Å². The molecule has 2 aromatic rings. The van der Waals surface area contributed by atoms with Crippen LogP contribution in [-0.4, -0.2) is 62.3 Å². The first-order valence-electron chi connectivity index (χ1n) is 10.4. The molecule has 2 aromatic carbocycles. The highest BCUT2D eigenvalue weighted by molar-refractivity contribution is 5.96. The maximum absolute atomic E-state index is 12.2. The molecule has 0 spiro atoms. The lowest BCUT2D eigenvalue weighted by Gasteiger charge is -2.32. The first kappa shape index (κ1) is 22.3. The molecule has 0 saturated carbocycles. The van der Waals surface area contributed by atoms with Crippen LogP contribution in [0.5, 0.6) is 17.2 Å². The van der Waals surface area contributed by atoms with Gasteiger partial charge >= 0.3 is 0 Å². The van der Waals surface area contributed by atoms with Gasteiger partial charge in [-0.15, -0.1) is 0 Å². The van der Waals surface area contributed by atoms with Crippen molar-refractivity contribution in [1.82, 2.24) is 15.5 Å². The fourth-order valence-electron chi connectivity index (χ4n) is 3.58. The van der Waals surface area contributed by atoms with E-state index in [-0.39, 0.29) is 17.2 Å². The number of phenols is 1. The Bertz CT molecular complexity index is 945. The SMILES string of the molecule is CCNC(=NCCNC(=O)c1ccccc1O)N1CCc2cc(OC)c(OC)cc2C1. The van der Waals surface area contributed by atoms with Crippen LogP contribution in [0.25, 0.3) is 0 Å². The van der Waals surface area contributed by atoms with Gasteiger partial charge in [0.1, 0.15) is 5.75 Å². The summed E-state index contributed by atoms with van der Waals surface area (Å²) in [6, 6.07) is 10.6. The molecule has 0 bridgehead atoms. The van der Waals surface area contributed by atoms with Crippen molar-refractivity contribution < 1.29 is 19.4 Å². The number of nitrogens with one attached hydrogen (secondary N) is 2. The molecule has 1 heterocycles. The molecular weight excluding hydrogens is 396 g/mol. The zero-order chi connectivity index (χ0) is 22.2. The minimum Gasteiger partial charge on any atom is -0.507 e. The van der Waals surface area contributed by atoms with E-state index in [1.807, 2.05) is 19.1 Å². The molecule has 166 valence electrons. The Balaban J connectivity index is 1.63. The van der Waals surface area contributed by atoms with Crippen LogP contribution in [0.4, 0.5) is 0 Å². The average Bonchev–Trinajstić information content (AvgIpc) is 2.79. The minimum absolute atomic E-state index is 0.0316. The van der Waals surface area contributed by atoms with Gasteiger partial charge in [0.2, 0.25) is 0 Å². The van der Waals surface area contributed by atoms with Gasteiger partial charge in [0.25, 0.3) is 5.91 Å². The Morgan fingerprint density at radius 2 is 1.84 bits per heavy atom. The second-order valence-corrected chi connectivity index (χ2v) is 7.16. The number of phenolic OH excluding ortho intramolecular Hbond substituents is 1. The number of hydrogen-bond acceptors (Lipinski definition) is 5. The molecule has 8 nitrogen and oxygen atoms in total. The highest BCUT2D eigenvalue weighted by Gasteiger charge is 2.21. The summed E-state index contributed by atoms with van der Waals surface area (Å²) in [7, 11) is 3.28. The second-order valence-electron chi connectivity index (χ2n) is 7.16. The Kier molecular flexibility index (Phi) is 7.59. The van der Waals surface area contributed by atoms with Crippen LogP contribution in [0.1, 0.15) is 28.4 Å². The third kappa shape index (κ3) is 5.39. The fourth-order valence-corrected chi connectivity index (χ4v) is 3.58. The number of rotatable bonds is 7. The maximum atomic E-state index is 12.2. The van der Waals surface area contributed by atoms with Crippen molar-refractivity contribution in [3.63, 3.8) is 0 Å². The van der Waals surface area contributed by atoms with Gasteiger partial charge in [-0.05, 0) is 48.7 Å². The van der Waals surface area contributed by atoms with Crippen molar-refractivity contribution in [2.24, 2.45) is 4.99 Å². The largest absolute Gasteiger partial charge is 0.507 e. The lowest BCUT2D eigenvalue weighted by atomic mass is 9.99. The van der Waals surface area contributed by atoms with Crippen molar-refractivity contribution in [1.29, 1.82) is 0 Å². The monoisotopic (exact) mass is 426 g/mol. The standard InChI is InChI=1S/C23H30N4O4/c1-4-24-23(26-11-10-25-22(29)18-7-5-6-8-19(18)28)27-12-9-16-13-20(30-2)21(31-3)14-17(16)15-27/h5-8,13-14,28H,4,9-12,15H2,1-3H3,(H,24,26)(H,25,29). The van der Waals surface area contributed by atoms with Crippen LogP contribution in [0.2, 0.25) is 0 Å². The molecule has 1 aliphatic rings. The van der Waals surface area contributed by atoms with Crippen molar-refractivity contribution in [3.8, 4) is 17.2 Å². The molecule has 0 unspecified atom stereocenters. The molecule has 0 radical (unpaired) electrons. The molecule has 0 saturated heterocycles. The van der Waals surface area contributed by atoms with Gasteiger partial charge in [0.15, 0.2) is 17.5 Å². The van der Waals surface area contributed by atoms with E-state index in [1.165, 1.54) is 17.2 Å². The molecular formula is C23H30N4O4. The smallest absolute Gasteiger partial charge is 0.255 e. The highest BCUT2D eigenvalue weighted by Crippen LogP contribution is 2.33. The van der Waals surface area contributed by atoms with Gasteiger partial charge in [0.05, 0.1) is 26.3 Å². The zero-order valence-corrected chi connectivity index (χ0v) is 18.3. The Hall–Kier alpha value is -3.42. The van der Waals surface area contributed by atoms with Crippen molar-refractivity contribution in [3.05, 3.63) is 53.1 Å². The topological polar surface area (TPSA) is 95.4 Å². The summed E-state index contributed by atoms with van der Waals surface area (Å²) in [4.78, 5) is 19.1. The molecule has 31 heavy (non-hydrogen) atoms. The third-order valence-electron chi connectivity index (χ3n) is 5.16. The van der Waals surface area contributed by atoms with E-state index in [2.05, 4.69) is 20.5 Å². The predicted octanol–water partition coefficient (Wildman–Crippen LogP) is 2.16. The Labute approximate surface area is 182 Å². The van der Waals surface area contributed by atoms with E-state index >= 15 is 0 Å². The average molecular weight is 427 g/mol. The molecule has 0 aliphatic carbocycles. The van der Waals surface area contributed by atoms with E-state index in [0.29, 0.717) is 19.6 Å². The van der Waals surface area contributed by atoms with Gasteiger partial charge in [-0.25, -0.2) is 0 Å². The molecule has 0 aromatic heterocycles. The van der Waals surface area contributed by atoms with Crippen LogP contribution in [0, 0.1) is 0 Å². The number of nitrogens with zero attached hydrogens (tertiary/aromatic N) is 2. The summed E-state index contributed by atoms with van der Waals surface area (Å²) in [5, 5.41) is 15.9. The lowest BCUT2D eigenvalue weighted by molar-refractivity contribution is 0.0952. The molecule has 3 N–H and O–H groups in total. The van der Waals surface area contributed by atoms with Crippen LogP contribution in [0.15, 0.2) is 41.4 Å². The predicted molar refractivity (Wildman–Crippen MR) is 120 cm³/mol. The molecule has 1 amide bonds. The number of hydrogen-bond donors (Lipinski definition) is 3. The normalized spacial score (nSPS) is 13.4. The van der Waals surface area contributed by atoms with Crippen molar-refractivity contribution >= 4 is 11.9 Å². The zero-order valence-electron chi connectivity index (χ0n) is 18.3. The maximum Gasteiger partial charge on any atom is 0.255 e.